The molecule has 0 unspecified atom stereocenters. The Labute approximate surface area is 107 Å². The van der Waals surface area contributed by atoms with E-state index in [9.17, 15) is 4.79 Å². The first kappa shape index (κ1) is 13.0. The number of nitrogens with zero attached hydrogens (tertiary/aromatic N) is 2. The molecule has 1 aromatic heterocycles. The molecule has 2 rings (SSSR count). The third-order valence-corrected chi connectivity index (χ3v) is 3.31. The fourth-order valence-electron chi connectivity index (χ4n) is 2.41. The summed E-state index contributed by atoms with van der Waals surface area (Å²) in [4.78, 5) is 17.8. The van der Waals surface area contributed by atoms with Gasteiger partial charge in [0.15, 0.2) is 0 Å². The molecule has 1 saturated heterocycles. The zero-order chi connectivity index (χ0) is 13.0. The van der Waals surface area contributed by atoms with Crippen LogP contribution in [0.25, 0.3) is 0 Å². The van der Waals surface area contributed by atoms with E-state index >= 15 is 0 Å². The monoisotopic (exact) mass is 249 g/mol. The predicted octanol–water partition coefficient (Wildman–Crippen LogP) is 0.964. The quantitative estimate of drug-likeness (QED) is 0.844. The van der Waals surface area contributed by atoms with Crippen LogP contribution >= 0.6 is 0 Å². The fourth-order valence-corrected chi connectivity index (χ4v) is 2.41. The van der Waals surface area contributed by atoms with Crippen molar-refractivity contribution in [2.24, 2.45) is 5.73 Å². The number of ether oxygens (including phenoxy) is 1. The van der Waals surface area contributed by atoms with Crippen molar-refractivity contribution in [2.45, 2.75) is 18.9 Å². The van der Waals surface area contributed by atoms with Crippen LogP contribution in [0.3, 0.4) is 0 Å². The van der Waals surface area contributed by atoms with Crippen molar-refractivity contribution >= 4 is 5.91 Å². The number of hydrogen-bond donors (Lipinski definition) is 1. The van der Waals surface area contributed by atoms with Crippen LogP contribution in [0.4, 0.5) is 0 Å². The average molecular weight is 249 g/mol. The van der Waals surface area contributed by atoms with Crippen LogP contribution in [0.15, 0.2) is 18.2 Å². The number of likely N-dealkylation sites (tertiary alicyclic amines) is 1. The summed E-state index contributed by atoms with van der Waals surface area (Å²) in [5.74, 6) is -0.474. The number of pyridine rings is 1. The van der Waals surface area contributed by atoms with Crippen LogP contribution in [0, 0.1) is 0 Å². The molecule has 2 N–H and O–H groups in total. The van der Waals surface area contributed by atoms with E-state index in [0.717, 1.165) is 31.6 Å². The van der Waals surface area contributed by atoms with E-state index in [-0.39, 0.29) is 6.04 Å². The molecule has 98 valence electrons. The van der Waals surface area contributed by atoms with Crippen molar-refractivity contribution in [1.29, 1.82) is 0 Å². The SMILES string of the molecule is COCCN1CCC[C@H]1c1cccc(C(N)=O)n1. The minimum absolute atomic E-state index is 0.277. The van der Waals surface area contributed by atoms with Crippen LogP contribution in [-0.2, 0) is 4.74 Å². The number of carbonyl (C=O) groups is 1. The summed E-state index contributed by atoms with van der Waals surface area (Å²) < 4.78 is 5.11. The Kier molecular flexibility index (Phi) is 4.28. The lowest BCUT2D eigenvalue weighted by atomic mass is 10.1. The molecular weight excluding hydrogens is 230 g/mol. The maximum atomic E-state index is 11.1. The number of primary amides is 1. The van der Waals surface area contributed by atoms with Gasteiger partial charge in [-0.1, -0.05) is 6.07 Å². The zero-order valence-electron chi connectivity index (χ0n) is 10.6. The molecule has 0 radical (unpaired) electrons. The van der Waals surface area contributed by atoms with Gasteiger partial charge in [0.2, 0.25) is 0 Å². The second-order valence-electron chi connectivity index (χ2n) is 4.50. The summed E-state index contributed by atoms with van der Waals surface area (Å²) in [6.45, 7) is 2.66. The van der Waals surface area contributed by atoms with Gasteiger partial charge in [0.1, 0.15) is 5.69 Å². The largest absolute Gasteiger partial charge is 0.383 e. The molecule has 0 aromatic carbocycles. The van der Waals surface area contributed by atoms with Crippen LogP contribution < -0.4 is 5.73 Å². The normalized spacial score (nSPS) is 20.2. The molecule has 2 heterocycles. The predicted molar refractivity (Wildman–Crippen MR) is 68.2 cm³/mol. The van der Waals surface area contributed by atoms with Gasteiger partial charge in [-0.15, -0.1) is 0 Å². The van der Waals surface area contributed by atoms with Crippen molar-refractivity contribution < 1.29 is 9.53 Å². The first-order chi connectivity index (χ1) is 8.72. The van der Waals surface area contributed by atoms with Gasteiger partial charge in [-0.05, 0) is 31.5 Å². The van der Waals surface area contributed by atoms with Gasteiger partial charge >= 0.3 is 0 Å². The molecule has 0 saturated carbocycles. The van der Waals surface area contributed by atoms with Gasteiger partial charge < -0.3 is 10.5 Å². The molecule has 1 aliphatic heterocycles. The Bertz CT molecular complexity index is 422. The summed E-state index contributed by atoms with van der Waals surface area (Å²) in [6, 6.07) is 5.73. The third kappa shape index (κ3) is 2.86. The number of hydrogen-bond acceptors (Lipinski definition) is 4. The van der Waals surface area contributed by atoms with E-state index in [0.29, 0.717) is 12.3 Å². The topological polar surface area (TPSA) is 68.5 Å². The molecular formula is C13H19N3O2. The van der Waals surface area contributed by atoms with Gasteiger partial charge in [-0.3, -0.25) is 9.69 Å². The van der Waals surface area contributed by atoms with Crippen LogP contribution in [-0.4, -0.2) is 42.6 Å². The molecule has 0 bridgehead atoms. The highest BCUT2D eigenvalue weighted by Gasteiger charge is 2.26. The average Bonchev–Trinajstić information content (AvgIpc) is 2.84. The third-order valence-electron chi connectivity index (χ3n) is 3.31. The second kappa shape index (κ2) is 5.93. The standard InChI is InChI=1S/C13H19N3O2/c1-18-9-8-16-7-3-6-12(16)10-4-2-5-11(15-10)13(14)17/h2,4-5,12H,3,6-9H2,1H3,(H2,14,17)/t12-/m0/s1. The molecule has 1 amide bonds. The van der Waals surface area contributed by atoms with Crippen LogP contribution in [0.5, 0.6) is 0 Å². The summed E-state index contributed by atoms with van der Waals surface area (Å²) >= 11 is 0. The van der Waals surface area contributed by atoms with E-state index in [1.165, 1.54) is 0 Å². The number of methoxy groups -OCH3 is 1. The smallest absolute Gasteiger partial charge is 0.267 e. The maximum Gasteiger partial charge on any atom is 0.267 e. The van der Waals surface area contributed by atoms with Gasteiger partial charge in [-0.2, -0.15) is 0 Å². The minimum Gasteiger partial charge on any atom is -0.383 e. The van der Waals surface area contributed by atoms with Crippen LogP contribution in [0.1, 0.15) is 35.1 Å². The molecule has 1 aromatic rings. The molecule has 18 heavy (non-hydrogen) atoms. The fraction of sp³-hybridized carbons (Fsp3) is 0.538. The highest BCUT2D eigenvalue weighted by Crippen LogP contribution is 2.30. The maximum absolute atomic E-state index is 11.1. The van der Waals surface area contributed by atoms with Crippen molar-refractivity contribution in [3.63, 3.8) is 0 Å². The van der Waals surface area contributed by atoms with E-state index in [2.05, 4.69) is 9.88 Å². The van der Waals surface area contributed by atoms with Gasteiger partial charge in [-0.25, -0.2) is 4.98 Å². The van der Waals surface area contributed by atoms with Crippen molar-refractivity contribution in [3.05, 3.63) is 29.6 Å². The molecule has 1 fully saturated rings. The van der Waals surface area contributed by atoms with E-state index < -0.39 is 5.91 Å². The Hall–Kier alpha value is -1.46. The molecule has 1 aliphatic rings. The molecule has 1 atom stereocenters. The number of carbonyl (C=O) groups excluding carboxylic acids is 1. The van der Waals surface area contributed by atoms with E-state index in [1.54, 1.807) is 13.2 Å². The summed E-state index contributed by atoms with van der Waals surface area (Å²) in [5.41, 5.74) is 6.53. The number of amides is 1. The van der Waals surface area contributed by atoms with E-state index in [1.807, 2.05) is 12.1 Å². The Morgan fingerprint density at radius 2 is 2.44 bits per heavy atom. The lowest BCUT2D eigenvalue weighted by molar-refractivity contribution is 0.0994. The first-order valence-corrected chi connectivity index (χ1v) is 6.22. The lowest BCUT2D eigenvalue weighted by Crippen LogP contribution is -2.28. The van der Waals surface area contributed by atoms with Crippen molar-refractivity contribution in [3.8, 4) is 0 Å². The summed E-state index contributed by atoms with van der Waals surface area (Å²) in [5, 5.41) is 0. The highest BCUT2D eigenvalue weighted by atomic mass is 16.5. The second-order valence-corrected chi connectivity index (χ2v) is 4.50. The van der Waals surface area contributed by atoms with Crippen molar-refractivity contribution in [2.75, 3.05) is 26.8 Å². The molecule has 0 spiro atoms. The van der Waals surface area contributed by atoms with Gasteiger partial charge in [0.05, 0.1) is 18.3 Å². The number of aromatic nitrogens is 1. The Balaban J connectivity index is 2.14. The first-order valence-electron chi connectivity index (χ1n) is 6.22. The minimum atomic E-state index is -0.474. The van der Waals surface area contributed by atoms with E-state index in [4.69, 9.17) is 10.5 Å². The van der Waals surface area contributed by atoms with Crippen molar-refractivity contribution in [1.82, 2.24) is 9.88 Å². The summed E-state index contributed by atoms with van der Waals surface area (Å²) in [6.07, 6.45) is 2.22. The number of nitrogens with two attached hydrogens (primary N) is 1. The summed E-state index contributed by atoms with van der Waals surface area (Å²) in [7, 11) is 1.71. The lowest BCUT2D eigenvalue weighted by Gasteiger charge is -2.23. The molecule has 5 nitrogen and oxygen atoms in total. The highest BCUT2D eigenvalue weighted by molar-refractivity contribution is 5.90. The van der Waals surface area contributed by atoms with Gasteiger partial charge in [0, 0.05) is 13.7 Å². The Morgan fingerprint density at radius 3 is 3.17 bits per heavy atom. The van der Waals surface area contributed by atoms with Crippen LogP contribution in [0.2, 0.25) is 0 Å². The van der Waals surface area contributed by atoms with Gasteiger partial charge in [0.25, 0.3) is 5.91 Å². The molecule has 5 heteroatoms. The zero-order valence-corrected chi connectivity index (χ0v) is 10.6. The molecule has 0 aliphatic carbocycles. The Morgan fingerprint density at radius 1 is 1.61 bits per heavy atom. The number of rotatable bonds is 5.